The normalized spacial score (nSPS) is 19.9. The number of carbonyl (C=O) groups excluding carboxylic acids is 1. The van der Waals surface area contributed by atoms with Crippen molar-refractivity contribution in [2.24, 2.45) is 10.1 Å². The maximum Gasteiger partial charge on any atom is 1.00 e. The quantitative estimate of drug-likeness (QED) is 0.0725. The number of allylic oxidation sites excluding steroid dienone is 1. The van der Waals surface area contributed by atoms with E-state index < -0.39 is 43.1 Å². The number of carbonyl (C=O) groups is 2. The Balaban J connectivity index is 0.00000361. The zero-order valence-electron chi connectivity index (χ0n) is 18.8. The molecule has 0 aromatic carbocycles. The van der Waals surface area contributed by atoms with Crippen molar-refractivity contribution in [2.45, 2.75) is 30.0 Å². The second-order valence-electron chi connectivity index (χ2n) is 7.15. The van der Waals surface area contributed by atoms with E-state index in [9.17, 15) is 24.2 Å². The van der Waals surface area contributed by atoms with Crippen LogP contribution in [0.25, 0.3) is 0 Å². The summed E-state index contributed by atoms with van der Waals surface area (Å²) in [6.45, 7) is -1.22. The Morgan fingerprint density at radius 1 is 1.39 bits per heavy atom. The van der Waals surface area contributed by atoms with Crippen LogP contribution in [0.3, 0.4) is 0 Å². The first-order valence-corrected chi connectivity index (χ1v) is 11.8. The van der Waals surface area contributed by atoms with Gasteiger partial charge in [-0.15, -0.1) is 11.3 Å². The van der Waals surface area contributed by atoms with E-state index in [4.69, 9.17) is 16.3 Å². The molecule has 0 aliphatic carbocycles. The van der Waals surface area contributed by atoms with Crippen LogP contribution in [-0.2, 0) is 14.4 Å². The van der Waals surface area contributed by atoms with Gasteiger partial charge in [-0.25, -0.2) is 24.1 Å². The molecule has 1 saturated heterocycles. The number of aliphatic imine (C=N–C) groups is 1. The molecule has 13 nitrogen and oxygen atoms in total. The summed E-state index contributed by atoms with van der Waals surface area (Å²) in [7, 11) is 0. The third-order valence-corrected chi connectivity index (χ3v) is 6.85. The summed E-state index contributed by atoms with van der Waals surface area (Å²) in [4.78, 5) is 47.2. The first-order valence-electron chi connectivity index (χ1n) is 10.1. The Hall–Kier alpha value is -2.79. The number of amides is 1. The molecular formula is C19H18FN8NaO5S2. The van der Waals surface area contributed by atoms with Crippen molar-refractivity contribution in [3.8, 4) is 0 Å². The van der Waals surface area contributed by atoms with Gasteiger partial charge in [0.25, 0.3) is 5.91 Å². The number of thiazole rings is 1. The molecule has 1 fully saturated rings. The molecule has 36 heavy (non-hydrogen) atoms. The van der Waals surface area contributed by atoms with Gasteiger partial charge in [-0.05, 0) is 12.8 Å². The molecule has 0 bridgehead atoms. The molecule has 2 aromatic heterocycles. The van der Waals surface area contributed by atoms with E-state index in [0.29, 0.717) is 22.8 Å². The Labute approximate surface area is 233 Å². The number of nitrogen functional groups attached to an aromatic ring is 2. The van der Waals surface area contributed by atoms with E-state index in [-0.39, 0.29) is 57.6 Å². The van der Waals surface area contributed by atoms with Crippen LogP contribution in [0, 0.1) is 0 Å². The monoisotopic (exact) mass is 544 g/mol. The summed E-state index contributed by atoms with van der Waals surface area (Å²) in [5, 5.41) is 28.2. The summed E-state index contributed by atoms with van der Waals surface area (Å²) >= 11 is 2.07. The molecule has 2 aliphatic heterocycles. The number of nitrogens with two attached hydrogens (primary N) is 2. The minimum Gasteiger partial charge on any atom is -0.857 e. The number of β-lactam (4-membered cyclic amide) rings is 1. The molecule has 2 aliphatic rings. The second-order valence-corrected chi connectivity index (χ2v) is 9.13. The van der Waals surface area contributed by atoms with E-state index in [2.05, 4.69) is 25.1 Å². The topological polar surface area (TPSA) is 205 Å². The van der Waals surface area contributed by atoms with E-state index in [1.165, 1.54) is 17.8 Å². The fraction of sp³-hybridized carbons (Fsp3) is 0.316. The number of halogens is 1. The number of carboxylic acid groups (broad SMARTS) is 1. The van der Waals surface area contributed by atoms with Crippen LogP contribution in [0.15, 0.2) is 43.6 Å². The first-order chi connectivity index (χ1) is 16.8. The van der Waals surface area contributed by atoms with Gasteiger partial charge in [-0.2, -0.15) is 0 Å². The van der Waals surface area contributed by atoms with Gasteiger partial charge in [-0.3, -0.25) is 14.7 Å². The fourth-order valence-electron chi connectivity index (χ4n) is 3.54. The number of alkyl halides is 1. The zero-order valence-corrected chi connectivity index (χ0v) is 22.5. The first kappa shape index (κ1) is 27.8. The van der Waals surface area contributed by atoms with Crippen LogP contribution < -0.4 is 46.1 Å². The summed E-state index contributed by atoms with van der Waals surface area (Å²) in [5.74, 6) is -2.75. The zero-order chi connectivity index (χ0) is 25.1. The number of oxime groups is 1. The Bertz CT molecular complexity index is 1260. The van der Waals surface area contributed by atoms with E-state index >= 15 is 0 Å². The van der Waals surface area contributed by atoms with E-state index in [1.54, 1.807) is 0 Å². The van der Waals surface area contributed by atoms with Crippen molar-refractivity contribution in [1.29, 1.82) is 0 Å². The standard InChI is InChI=1S/C19H19FN8O5S2.Na/c20-3-6-33-27-11(8-7-34-19(22)25-8)15(29)26-12-9-1-2-10(13(18(31)32)28(9)17(12)30)35-16-14(21)23-4-5-24-16;/h4-5,7,9,12H,1-3,6H2,(H2,21,23)(H2,22,25)(H,26,29)(H,31,32);/q;+1/p-1/b27-11+;/t9-,12+;/m1./s1. The van der Waals surface area contributed by atoms with Gasteiger partial charge >= 0.3 is 35.5 Å². The smallest absolute Gasteiger partial charge is 0.857 e. The van der Waals surface area contributed by atoms with Crippen LogP contribution in [0.2, 0.25) is 0 Å². The summed E-state index contributed by atoms with van der Waals surface area (Å²) in [6, 6.07) is -1.76. The maximum atomic E-state index is 12.9. The van der Waals surface area contributed by atoms with Gasteiger partial charge in [-0.1, -0.05) is 16.9 Å². The number of carboxylic acids is 1. The van der Waals surface area contributed by atoms with Gasteiger partial charge < -0.3 is 26.5 Å². The molecule has 17 heteroatoms. The number of aromatic nitrogens is 3. The number of nitrogens with zero attached hydrogens (tertiary/aromatic N) is 6. The summed E-state index contributed by atoms with van der Waals surface area (Å²) < 4.78 is 12.4. The molecule has 2 atom stereocenters. The van der Waals surface area contributed by atoms with Crippen LogP contribution in [0.4, 0.5) is 15.3 Å². The van der Waals surface area contributed by atoms with Gasteiger partial charge in [0.05, 0.1) is 6.04 Å². The van der Waals surface area contributed by atoms with E-state index in [0.717, 1.165) is 28.0 Å². The average molecular weight is 545 g/mol. The fourth-order valence-corrected chi connectivity index (χ4v) is 5.10. The number of aliphatic carboxylic acids is 1. The third-order valence-electron chi connectivity index (χ3n) is 5.02. The molecule has 2 aromatic rings. The number of thioether (sulfide) groups is 1. The van der Waals surface area contributed by atoms with Crippen molar-refractivity contribution < 1.29 is 58.6 Å². The Kier molecular flexibility index (Phi) is 9.24. The molecule has 1 amide bonds. The molecule has 4 rings (SSSR count). The largest absolute Gasteiger partial charge is 1.00 e. The third kappa shape index (κ3) is 5.62. The van der Waals surface area contributed by atoms with Crippen LogP contribution in [-0.4, -0.2) is 73.8 Å². The van der Waals surface area contributed by atoms with Crippen LogP contribution >= 0.6 is 23.1 Å². The Morgan fingerprint density at radius 2 is 2.14 bits per heavy atom. The SMILES string of the molecule is Nc1nc(/C(=N\OCCF)C([O-])=N[C@@H]2C(=O)N3C(C(=O)O)=C(Sc4nccnc4N)CC[C@H]23)cs1.[Na+]. The predicted octanol–water partition coefficient (Wildman–Crippen LogP) is -2.99. The number of hydrogen-bond donors (Lipinski definition) is 3. The molecule has 0 radical (unpaired) electrons. The minimum atomic E-state index is -1.31. The average Bonchev–Trinajstić information content (AvgIpc) is 3.26. The van der Waals surface area contributed by atoms with Gasteiger partial charge in [0.2, 0.25) is 0 Å². The summed E-state index contributed by atoms with van der Waals surface area (Å²) in [6.07, 6.45) is 3.47. The minimum absolute atomic E-state index is 0. The molecule has 4 heterocycles. The van der Waals surface area contributed by atoms with Gasteiger partial charge in [0.15, 0.2) is 10.9 Å². The molecule has 184 valence electrons. The number of fused-ring (bicyclic) bond motifs is 1. The van der Waals surface area contributed by atoms with Gasteiger partial charge in [0, 0.05) is 28.6 Å². The molecule has 0 spiro atoms. The number of anilines is 2. The molecule has 5 N–H and O–H groups in total. The number of rotatable bonds is 9. The predicted molar refractivity (Wildman–Crippen MR) is 123 cm³/mol. The van der Waals surface area contributed by atoms with Crippen molar-refractivity contribution in [1.82, 2.24) is 19.9 Å². The summed E-state index contributed by atoms with van der Waals surface area (Å²) in [5.41, 5.74) is 10.9. The Morgan fingerprint density at radius 3 is 2.78 bits per heavy atom. The van der Waals surface area contributed by atoms with Crippen LogP contribution in [0.5, 0.6) is 0 Å². The maximum absolute atomic E-state index is 12.9. The number of hydrogen-bond acceptors (Lipinski definition) is 13. The van der Waals surface area contributed by atoms with Crippen LogP contribution in [0.1, 0.15) is 18.5 Å². The van der Waals surface area contributed by atoms with Crippen molar-refractivity contribution in [3.63, 3.8) is 0 Å². The molecule has 0 unspecified atom stereocenters. The van der Waals surface area contributed by atoms with Crippen molar-refractivity contribution in [3.05, 3.63) is 34.1 Å². The van der Waals surface area contributed by atoms with Gasteiger partial charge in [0.1, 0.15) is 41.5 Å². The second kappa shape index (κ2) is 12.0. The molecule has 0 saturated carbocycles. The van der Waals surface area contributed by atoms with Crippen molar-refractivity contribution in [2.75, 3.05) is 24.7 Å². The van der Waals surface area contributed by atoms with E-state index in [1.807, 2.05) is 0 Å². The van der Waals surface area contributed by atoms with Crippen molar-refractivity contribution >= 4 is 57.5 Å². The molecular weight excluding hydrogens is 526 g/mol.